The Bertz CT molecular complexity index is 652. The second-order valence-electron chi connectivity index (χ2n) is 4.63. The van der Waals surface area contributed by atoms with Gasteiger partial charge in [0.15, 0.2) is 0 Å². The van der Waals surface area contributed by atoms with Crippen LogP contribution in [0.2, 0.25) is 0 Å². The van der Waals surface area contributed by atoms with Crippen LogP contribution in [-0.4, -0.2) is 15.7 Å². The van der Waals surface area contributed by atoms with E-state index in [0.29, 0.717) is 5.56 Å². The van der Waals surface area contributed by atoms with Gasteiger partial charge in [0.1, 0.15) is 0 Å². The van der Waals surface area contributed by atoms with Crippen LogP contribution in [0.4, 0.5) is 0 Å². The highest BCUT2D eigenvalue weighted by Gasteiger charge is 2.17. The van der Waals surface area contributed by atoms with E-state index in [9.17, 15) is 4.79 Å². The monoisotopic (exact) mass is 399 g/mol. The van der Waals surface area contributed by atoms with Crippen LogP contribution in [0.1, 0.15) is 34.6 Å². The summed E-state index contributed by atoms with van der Waals surface area (Å²) in [4.78, 5) is 12.3. The normalized spacial score (nSPS) is 12.2. The zero-order chi connectivity index (χ0) is 14.9. The van der Waals surface area contributed by atoms with Crippen LogP contribution in [-0.2, 0) is 7.05 Å². The van der Waals surface area contributed by atoms with Crippen LogP contribution in [0.25, 0.3) is 0 Å². The number of aryl methyl sites for hydroxylation is 1. The molecular weight excluding hydrogens is 386 g/mol. The summed E-state index contributed by atoms with van der Waals surface area (Å²) in [5.74, 6) is -0.117. The third-order valence-corrected chi connectivity index (χ3v) is 4.45. The number of aromatic nitrogens is 2. The Hall–Kier alpha value is -1.14. The number of amides is 1. The second-order valence-corrected chi connectivity index (χ2v) is 6.40. The molecule has 0 fully saturated rings. The summed E-state index contributed by atoms with van der Waals surface area (Å²) >= 11 is 6.77. The Morgan fingerprint density at radius 1 is 1.40 bits per heavy atom. The number of rotatable bonds is 3. The van der Waals surface area contributed by atoms with Gasteiger partial charge in [-0.3, -0.25) is 9.48 Å². The highest BCUT2D eigenvalue weighted by molar-refractivity contribution is 9.11. The molecule has 1 unspecified atom stereocenters. The van der Waals surface area contributed by atoms with Crippen molar-refractivity contribution in [2.24, 2.45) is 7.05 Å². The fourth-order valence-electron chi connectivity index (χ4n) is 1.96. The molecule has 0 bridgehead atoms. The van der Waals surface area contributed by atoms with E-state index >= 15 is 0 Å². The maximum Gasteiger partial charge on any atom is 0.252 e. The van der Waals surface area contributed by atoms with Crippen molar-refractivity contribution < 1.29 is 4.79 Å². The first kappa shape index (κ1) is 15.3. The van der Waals surface area contributed by atoms with E-state index in [-0.39, 0.29) is 11.9 Å². The summed E-state index contributed by atoms with van der Waals surface area (Å²) in [6, 6.07) is 5.43. The van der Waals surface area contributed by atoms with Gasteiger partial charge >= 0.3 is 0 Å². The lowest BCUT2D eigenvalue weighted by atomic mass is 10.1. The minimum Gasteiger partial charge on any atom is -0.345 e. The van der Waals surface area contributed by atoms with Gasteiger partial charge in [-0.1, -0.05) is 15.9 Å². The minimum atomic E-state index is -0.117. The van der Waals surface area contributed by atoms with Crippen molar-refractivity contribution in [3.63, 3.8) is 0 Å². The summed E-state index contributed by atoms with van der Waals surface area (Å²) in [5.41, 5.74) is 2.67. The molecule has 6 heteroatoms. The van der Waals surface area contributed by atoms with Crippen LogP contribution in [0.15, 0.2) is 33.3 Å². The lowest BCUT2D eigenvalue weighted by Gasteiger charge is -2.14. The molecule has 1 amide bonds. The van der Waals surface area contributed by atoms with Gasteiger partial charge in [-0.05, 0) is 48.0 Å². The van der Waals surface area contributed by atoms with E-state index in [1.54, 1.807) is 16.9 Å². The van der Waals surface area contributed by atoms with E-state index in [4.69, 9.17) is 0 Å². The summed E-state index contributed by atoms with van der Waals surface area (Å²) in [6.07, 6.45) is 1.79. The van der Waals surface area contributed by atoms with Crippen molar-refractivity contribution in [2.75, 3.05) is 0 Å². The maximum absolute atomic E-state index is 12.3. The predicted octanol–water partition coefficient (Wildman–Crippen LogP) is 3.74. The predicted molar refractivity (Wildman–Crippen MR) is 85.7 cm³/mol. The standard InChI is InChI=1S/C14H15Br2N3O/c1-8(12-7-17-19(3)9(12)2)18-14(20)11-6-10(15)4-5-13(11)16/h4-8H,1-3H3,(H,18,20). The minimum absolute atomic E-state index is 0.0953. The molecule has 2 rings (SSSR count). The summed E-state index contributed by atoms with van der Waals surface area (Å²) in [6.45, 7) is 3.94. The van der Waals surface area contributed by atoms with Crippen LogP contribution >= 0.6 is 31.9 Å². The molecule has 1 atom stereocenters. The van der Waals surface area contributed by atoms with Gasteiger partial charge < -0.3 is 5.32 Å². The Morgan fingerprint density at radius 3 is 2.70 bits per heavy atom. The van der Waals surface area contributed by atoms with Crippen LogP contribution in [0, 0.1) is 6.92 Å². The molecule has 1 N–H and O–H groups in total. The van der Waals surface area contributed by atoms with Gasteiger partial charge in [-0.25, -0.2) is 0 Å². The number of carbonyl (C=O) groups is 1. The third-order valence-electron chi connectivity index (χ3n) is 3.26. The number of hydrogen-bond acceptors (Lipinski definition) is 2. The van der Waals surface area contributed by atoms with Crippen LogP contribution in [0.3, 0.4) is 0 Å². The lowest BCUT2D eigenvalue weighted by Crippen LogP contribution is -2.27. The molecule has 20 heavy (non-hydrogen) atoms. The molecule has 2 aromatic rings. The van der Waals surface area contributed by atoms with E-state index in [2.05, 4.69) is 42.3 Å². The van der Waals surface area contributed by atoms with Gasteiger partial charge in [-0.2, -0.15) is 5.10 Å². The van der Waals surface area contributed by atoms with Crippen molar-refractivity contribution >= 4 is 37.8 Å². The van der Waals surface area contributed by atoms with Crippen LogP contribution < -0.4 is 5.32 Å². The van der Waals surface area contributed by atoms with Crippen molar-refractivity contribution in [3.05, 3.63) is 50.2 Å². The highest BCUT2D eigenvalue weighted by atomic mass is 79.9. The zero-order valence-corrected chi connectivity index (χ0v) is 14.6. The topological polar surface area (TPSA) is 46.9 Å². The molecule has 1 aromatic heterocycles. The molecule has 4 nitrogen and oxygen atoms in total. The van der Waals surface area contributed by atoms with Gasteiger partial charge in [0.25, 0.3) is 5.91 Å². The number of benzene rings is 1. The summed E-state index contributed by atoms with van der Waals surface area (Å²) < 4.78 is 3.44. The number of halogens is 2. The Kier molecular flexibility index (Phi) is 4.65. The number of nitrogens with zero attached hydrogens (tertiary/aromatic N) is 2. The fourth-order valence-corrected chi connectivity index (χ4v) is 2.75. The third kappa shape index (κ3) is 3.12. The molecule has 0 aliphatic heterocycles. The number of hydrogen-bond donors (Lipinski definition) is 1. The summed E-state index contributed by atoms with van der Waals surface area (Å²) in [5, 5.41) is 7.19. The van der Waals surface area contributed by atoms with Gasteiger partial charge in [-0.15, -0.1) is 0 Å². The number of nitrogens with one attached hydrogen (secondary N) is 1. The molecular formula is C14H15Br2N3O. The van der Waals surface area contributed by atoms with Crippen molar-refractivity contribution in [3.8, 4) is 0 Å². The molecule has 0 aliphatic rings. The van der Waals surface area contributed by atoms with E-state index < -0.39 is 0 Å². The highest BCUT2D eigenvalue weighted by Crippen LogP contribution is 2.23. The van der Waals surface area contributed by atoms with E-state index in [0.717, 1.165) is 20.2 Å². The lowest BCUT2D eigenvalue weighted by molar-refractivity contribution is 0.0939. The Labute approximate surface area is 134 Å². The Morgan fingerprint density at radius 2 is 2.10 bits per heavy atom. The van der Waals surface area contributed by atoms with Gasteiger partial charge in [0, 0.05) is 27.3 Å². The quantitative estimate of drug-likeness (QED) is 0.852. The zero-order valence-electron chi connectivity index (χ0n) is 11.4. The first-order valence-corrected chi connectivity index (χ1v) is 7.73. The maximum atomic E-state index is 12.3. The van der Waals surface area contributed by atoms with Crippen molar-refractivity contribution in [1.29, 1.82) is 0 Å². The Balaban J connectivity index is 2.19. The SMILES string of the molecule is Cc1c(C(C)NC(=O)c2cc(Br)ccc2Br)cnn1C. The average Bonchev–Trinajstić information content (AvgIpc) is 2.73. The smallest absolute Gasteiger partial charge is 0.252 e. The molecule has 1 heterocycles. The van der Waals surface area contributed by atoms with Gasteiger partial charge in [0.05, 0.1) is 17.8 Å². The van der Waals surface area contributed by atoms with Crippen molar-refractivity contribution in [1.82, 2.24) is 15.1 Å². The summed E-state index contributed by atoms with van der Waals surface area (Å²) in [7, 11) is 1.89. The van der Waals surface area contributed by atoms with Gasteiger partial charge in [0.2, 0.25) is 0 Å². The molecule has 0 saturated carbocycles. The number of carbonyl (C=O) groups excluding carboxylic acids is 1. The molecule has 0 aliphatic carbocycles. The molecule has 1 aromatic carbocycles. The average molecular weight is 401 g/mol. The second kappa shape index (κ2) is 6.10. The molecule has 106 valence electrons. The largest absolute Gasteiger partial charge is 0.345 e. The molecule has 0 spiro atoms. The van der Waals surface area contributed by atoms with E-state index in [1.807, 2.05) is 33.0 Å². The van der Waals surface area contributed by atoms with Crippen molar-refractivity contribution in [2.45, 2.75) is 19.9 Å². The molecule has 0 saturated heterocycles. The van der Waals surface area contributed by atoms with E-state index in [1.165, 1.54) is 0 Å². The fraction of sp³-hybridized carbons (Fsp3) is 0.286. The first-order chi connectivity index (χ1) is 9.40. The molecule has 0 radical (unpaired) electrons. The van der Waals surface area contributed by atoms with Crippen LogP contribution in [0.5, 0.6) is 0 Å². The first-order valence-electron chi connectivity index (χ1n) is 6.14.